The first kappa shape index (κ1) is 10.1. The van der Waals surface area contributed by atoms with E-state index in [-0.39, 0.29) is 0 Å². The number of hydrogen-bond acceptors (Lipinski definition) is 0. The standard InChI is InChI=1S/C13H19S/c1-10-7-11(2)9-13(8-10)14-6-4-5-12(14)3/h7-9,12H,4-6H2,1-3H3/q+1. The Bertz CT molecular complexity index is 310. The molecule has 0 aromatic heterocycles. The van der Waals surface area contributed by atoms with Crippen molar-refractivity contribution in [3.63, 3.8) is 0 Å². The average molecular weight is 207 g/mol. The summed E-state index contributed by atoms with van der Waals surface area (Å²) in [5.41, 5.74) is 2.85. The number of benzene rings is 1. The largest absolute Gasteiger partial charge is 0.155 e. The van der Waals surface area contributed by atoms with Crippen molar-refractivity contribution in [2.45, 2.75) is 43.8 Å². The molecule has 0 N–H and O–H groups in total. The minimum atomic E-state index is 0.544. The zero-order chi connectivity index (χ0) is 10.1. The van der Waals surface area contributed by atoms with Crippen LogP contribution >= 0.6 is 0 Å². The van der Waals surface area contributed by atoms with Crippen LogP contribution in [0.1, 0.15) is 30.9 Å². The maximum Gasteiger partial charge on any atom is 0.155 e. The van der Waals surface area contributed by atoms with Crippen LogP contribution in [0.3, 0.4) is 0 Å². The molecule has 1 saturated heterocycles. The van der Waals surface area contributed by atoms with Gasteiger partial charge >= 0.3 is 0 Å². The van der Waals surface area contributed by atoms with E-state index in [9.17, 15) is 0 Å². The van der Waals surface area contributed by atoms with Crippen molar-refractivity contribution in [3.05, 3.63) is 29.3 Å². The lowest BCUT2D eigenvalue weighted by Crippen LogP contribution is -2.13. The summed E-state index contributed by atoms with van der Waals surface area (Å²) >= 11 is 0. The molecule has 0 nitrogen and oxygen atoms in total. The molecule has 1 fully saturated rings. The molecule has 1 heteroatoms. The van der Waals surface area contributed by atoms with Crippen molar-refractivity contribution < 1.29 is 0 Å². The van der Waals surface area contributed by atoms with Crippen molar-refractivity contribution in [3.8, 4) is 0 Å². The van der Waals surface area contributed by atoms with Crippen LogP contribution in [0.4, 0.5) is 0 Å². The topological polar surface area (TPSA) is 0 Å². The molecule has 1 aliphatic heterocycles. The number of aryl methyl sites for hydroxylation is 2. The van der Waals surface area contributed by atoms with Gasteiger partial charge in [0.25, 0.3) is 0 Å². The molecule has 2 unspecified atom stereocenters. The molecule has 1 heterocycles. The molecule has 0 amide bonds. The van der Waals surface area contributed by atoms with E-state index in [1.807, 2.05) is 0 Å². The third-order valence-electron chi connectivity index (χ3n) is 2.96. The zero-order valence-electron chi connectivity index (χ0n) is 9.34. The van der Waals surface area contributed by atoms with Crippen molar-refractivity contribution in [1.82, 2.24) is 0 Å². The van der Waals surface area contributed by atoms with Crippen LogP contribution in [0, 0.1) is 13.8 Å². The normalized spacial score (nSPS) is 26.8. The van der Waals surface area contributed by atoms with Gasteiger partial charge in [0.1, 0.15) is 11.0 Å². The molecular formula is C13H19S+. The predicted molar refractivity (Wildman–Crippen MR) is 65.1 cm³/mol. The molecule has 0 aliphatic carbocycles. The molecule has 1 aromatic rings. The van der Waals surface area contributed by atoms with Gasteiger partial charge < -0.3 is 0 Å². The van der Waals surface area contributed by atoms with Gasteiger partial charge in [-0.1, -0.05) is 6.07 Å². The van der Waals surface area contributed by atoms with Gasteiger partial charge in [0.15, 0.2) is 4.90 Å². The summed E-state index contributed by atoms with van der Waals surface area (Å²) in [6, 6.07) is 7.05. The van der Waals surface area contributed by atoms with E-state index in [4.69, 9.17) is 0 Å². The second kappa shape index (κ2) is 3.98. The molecular weight excluding hydrogens is 188 g/mol. The van der Waals surface area contributed by atoms with Crippen molar-refractivity contribution in [2.75, 3.05) is 5.75 Å². The molecule has 0 radical (unpaired) electrons. The van der Waals surface area contributed by atoms with Crippen LogP contribution in [-0.2, 0) is 10.9 Å². The summed E-state index contributed by atoms with van der Waals surface area (Å²) < 4.78 is 0. The maximum absolute atomic E-state index is 2.41. The summed E-state index contributed by atoms with van der Waals surface area (Å²) in [6.45, 7) is 6.83. The van der Waals surface area contributed by atoms with Crippen LogP contribution in [0.5, 0.6) is 0 Å². The highest BCUT2D eigenvalue weighted by Gasteiger charge is 2.34. The Morgan fingerprint density at radius 1 is 1.14 bits per heavy atom. The molecule has 2 atom stereocenters. The second-order valence-corrected chi connectivity index (χ2v) is 6.95. The Morgan fingerprint density at radius 2 is 1.79 bits per heavy atom. The van der Waals surface area contributed by atoms with Crippen LogP contribution in [0.2, 0.25) is 0 Å². The fraction of sp³-hybridized carbons (Fsp3) is 0.538. The Kier molecular flexibility index (Phi) is 2.87. The highest BCUT2D eigenvalue weighted by molar-refractivity contribution is 7.97. The maximum atomic E-state index is 2.41. The fourth-order valence-corrected chi connectivity index (χ4v) is 5.01. The van der Waals surface area contributed by atoms with Crippen LogP contribution in [0.25, 0.3) is 0 Å². The molecule has 1 aliphatic rings. The minimum absolute atomic E-state index is 0.544. The Labute approximate surface area is 90.1 Å². The lowest BCUT2D eigenvalue weighted by atomic mass is 10.2. The van der Waals surface area contributed by atoms with Gasteiger partial charge in [-0.3, -0.25) is 0 Å². The summed E-state index contributed by atoms with van der Waals surface area (Å²) in [5, 5.41) is 0.913. The lowest BCUT2D eigenvalue weighted by molar-refractivity contribution is 0.836. The molecule has 0 bridgehead atoms. The van der Waals surface area contributed by atoms with E-state index in [1.165, 1.54) is 29.7 Å². The third kappa shape index (κ3) is 1.98. The third-order valence-corrected chi connectivity index (χ3v) is 5.74. The van der Waals surface area contributed by atoms with E-state index < -0.39 is 0 Å². The first-order valence-electron chi connectivity index (χ1n) is 5.45. The molecule has 2 rings (SSSR count). The van der Waals surface area contributed by atoms with Gasteiger partial charge in [-0.25, -0.2) is 0 Å². The SMILES string of the molecule is Cc1cc(C)cc([S+]2CCCC2C)c1. The highest BCUT2D eigenvalue weighted by Crippen LogP contribution is 2.30. The van der Waals surface area contributed by atoms with Crippen LogP contribution in [-0.4, -0.2) is 11.0 Å². The van der Waals surface area contributed by atoms with Crippen molar-refractivity contribution >= 4 is 10.9 Å². The van der Waals surface area contributed by atoms with Gasteiger partial charge in [-0.05, 0) is 56.9 Å². The van der Waals surface area contributed by atoms with E-state index in [0.29, 0.717) is 10.9 Å². The fourth-order valence-electron chi connectivity index (χ4n) is 2.30. The first-order valence-corrected chi connectivity index (χ1v) is 6.90. The number of hydrogen-bond donors (Lipinski definition) is 0. The van der Waals surface area contributed by atoms with Crippen molar-refractivity contribution in [1.29, 1.82) is 0 Å². The smallest absolute Gasteiger partial charge is 0.0560 e. The van der Waals surface area contributed by atoms with Crippen molar-refractivity contribution in [2.24, 2.45) is 0 Å². The summed E-state index contributed by atoms with van der Waals surface area (Å²) in [5.74, 6) is 1.42. The van der Waals surface area contributed by atoms with Crippen LogP contribution < -0.4 is 0 Å². The summed E-state index contributed by atoms with van der Waals surface area (Å²) in [7, 11) is 0.544. The number of rotatable bonds is 1. The molecule has 1 aromatic carbocycles. The second-order valence-electron chi connectivity index (χ2n) is 4.41. The molecule has 76 valence electrons. The summed E-state index contributed by atoms with van der Waals surface area (Å²) in [4.78, 5) is 1.60. The highest BCUT2D eigenvalue weighted by atomic mass is 32.2. The van der Waals surface area contributed by atoms with E-state index in [1.54, 1.807) is 4.90 Å². The lowest BCUT2D eigenvalue weighted by Gasteiger charge is -2.07. The first-order chi connectivity index (χ1) is 6.66. The Hall–Kier alpha value is -0.430. The van der Waals surface area contributed by atoms with Gasteiger partial charge in [-0.15, -0.1) is 0 Å². The van der Waals surface area contributed by atoms with Gasteiger partial charge in [-0.2, -0.15) is 0 Å². The van der Waals surface area contributed by atoms with E-state index in [0.717, 1.165) is 5.25 Å². The monoisotopic (exact) mass is 207 g/mol. The van der Waals surface area contributed by atoms with Gasteiger partial charge in [0.2, 0.25) is 0 Å². The van der Waals surface area contributed by atoms with E-state index in [2.05, 4.69) is 39.0 Å². The van der Waals surface area contributed by atoms with Gasteiger partial charge in [0.05, 0.1) is 0 Å². The minimum Gasteiger partial charge on any atom is -0.0560 e. The van der Waals surface area contributed by atoms with E-state index >= 15 is 0 Å². The Balaban J connectivity index is 2.31. The molecule has 0 spiro atoms. The average Bonchev–Trinajstić information content (AvgIpc) is 2.49. The zero-order valence-corrected chi connectivity index (χ0v) is 10.2. The summed E-state index contributed by atoms with van der Waals surface area (Å²) in [6.07, 6.45) is 2.85. The Morgan fingerprint density at radius 3 is 2.29 bits per heavy atom. The van der Waals surface area contributed by atoms with Crippen LogP contribution in [0.15, 0.2) is 23.1 Å². The molecule has 14 heavy (non-hydrogen) atoms. The molecule has 0 saturated carbocycles. The quantitative estimate of drug-likeness (QED) is 0.619. The predicted octanol–water partition coefficient (Wildman–Crippen LogP) is 3.46. The van der Waals surface area contributed by atoms with Gasteiger partial charge in [0, 0.05) is 10.9 Å².